The molecule has 0 bridgehead atoms. The fraction of sp³-hybridized carbons (Fsp3) is 0.548. The van der Waals surface area contributed by atoms with Gasteiger partial charge in [-0.15, -0.1) is 0 Å². The molecule has 1 atom stereocenters. The lowest BCUT2D eigenvalue weighted by molar-refractivity contribution is -0.119. The van der Waals surface area contributed by atoms with Crippen LogP contribution in [0.1, 0.15) is 64.9 Å². The predicted molar refractivity (Wildman–Crippen MR) is 171 cm³/mol. The first kappa shape index (κ1) is 39.8. The van der Waals surface area contributed by atoms with Gasteiger partial charge in [0, 0.05) is 57.6 Å². The van der Waals surface area contributed by atoms with Crippen molar-refractivity contribution < 1.29 is 33.0 Å². The molecular formula is C31H52N4O7S. The van der Waals surface area contributed by atoms with Crippen LogP contribution in [0.15, 0.2) is 59.5 Å². The molecule has 0 aliphatic carbocycles. The van der Waals surface area contributed by atoms with Gasteiger partial charge >= 0.3 is 6.09 Å². The number of aliphatic hydroxyl groups excluding tert-OH is 1. The van der Waals surface area contributed by atoms with E-state index in [1.54, 1.807) is 0 Å². The number of carboxylic acid groups (broad SMARTS) is 1. The van der Waals surface area contributed by atoms with Gasteiger partial charge in [-0.1, -0.05) is 56.7 Å². The van der Waals surface area contributed by atoms with Crippen molar-refractivity contribution in [2.75, 3.05) is 45.2 Å². The van der Waals surface area contributed by atoms with Crippen LogP contribution in [0.2, 0.25) is 0 Å². The van der Waals surface area contributed by atoms with Crippen LogP contribution in [0.25, 0.3) is 0 Å². The molecule has 4 rings (SSSR count). The second kappa shape index (κ2) is 24.3. The van der Waals surface area contributed by atoms with E-state index in [1.807, 2.05) is 39.0 Å². The summed E-state index contributed by atoms with van der Waals surface area (Å²) in [5.41, 5.74) is 7.38. The standard InChI is InChI=1S/C15H22N4O5S.C7H8.C4H8O.C3H8O.C2H6/c16-11-2-5-13(6-3-11)25(23,24)19(9-1-8-17-15(21)22)10-12-4-7-14(20)18-12;1-7-5-3-2-4-6-7;1-2-4-5-3-1;1-2-3-4;1-2/h2-3,5-6,12,17H,1,4,7-10,16H2,(H,18,20)(H,21,22);2-6H,1H3;1-4H2;4H,2-3H2,1H3;1-2H3/t12-;;;;/m1..../s1. The molecule has 0 saturated carbocycles. The molecule has 12 heteroatoms. The van der Waals surface area contributed by atoms with Crippen LogP contribution in [-0.4, -0.2) is 80.4 Å². The first-order valence-electron chi connectivity index (χ1n) is 14.9. The maximum absolute atomic E-state index is 12.9. The van der Waals surface area contributed by atoms with Crippen molar-refractivity contribution in [2.45, 2.75) is 77.2 Å². The van der Waals surface area contributed by atoms with Gasteiger partial charge in [-0.3, -0.25) is 4.79 Å². The Hall–Kier alpha value is -3.19. The first-order valence-corrected chi connectivity index (χ1v) is 16.4. The number of nitrogen functional groups attached to an aromatic ring is 1. The van der Waals surface area contributed by atoms with E-state index in [2.05, 4.69) is 29.7 Å². The third kappa shape index (κ3) is 18.9. The zero-order chi connectivity index (χ0) is 32.5. The molecule has 2 aliphatic heterocycles. The second-order valence-electron chi connectivity index (χ2n) is 9.52. The third-order valence-electron chi connectivity index (χ3n) is 5.88. The van der Waals surface area contributed by atoms with Crippen molar-refractivity contribution in [3.05, 3.63) is 60.2 Å². The Morgan fingerprint density at radius 1 is 1.09 bits per heavy atom. The third-order valence-corrected chi connectivity index (χ3v) is 7.76. The van der Waals surface area contributed by atoms with E-state index in [9.17, 15) is 18.0 Å². The van der Waals surface area contributed by atoms with Gasteiger partial charge in [0.05, 0.1) is 4.90 Å². The van der Waals surface area contributed by atoms with Crippen molar-refractivity contribution >= 4 is 27.7 Å². The minimum absolute atomic E-state index is 0.0950. The highest BCUT2D eigenvalue weighted by atomic mass is 32.2. The van der Waals surface area contributed by atoms with E-state index < -0.39 is 16.1 Å². The number of hydrogen-bond acceptors (Lipinski definition) is 7. The molecule has 2 aromatic rings. The van der Waals surface area contributed by atoms with Crippen LogP contribution in [0.4, 0.5) is 10.5 Å². The van der Waals surface area contributed by atoms with Crippen LogP contribution < -0.4 is 16.4 Å². The fourth-order valence-electron chi connectivity index (χ4n) is 3.65. The smallest absolute Gasteiger partial charge is 0.404 e. The number of rotatable bonds is 9. The molecule has 2 heterocycles. The molecule has 6 N–H and O–H groups in total. The number of aliphatic hydroxyl groups is 1. The van der Waals surface area contributed by atoms with Gasteiger partial charge in [0.15, 0.2) is 0 Å². The Morgan fingerprint density at radius 3 is 2.07 bits per heavy atom. The highest BCUT2D eigenvalue weighted by molar-refractivity contribution is 7.89. The molecule has 0 spiro atoms. The van der Waals surface area contributed by atoms with Gasteiger partial charge in [0.25, 0.3) is 0 Å². The predicted octanol–water partition coefficient (Wildman–Crippen LogP) is 4.40. The number of benzene rings is 2. The van der Waals surface area contributed by atoms with Crippen LogP contribution >= 0.6 is 0 Å². The normalized spacial score (nSPS) is 15.2. The Balaban J connectivity index is 0.000000786. The van der Waals surface area contributed by atoms with Crippen molar-refractivity contribution in [2.24, 2.45) is 0 Å². The van der Waals surface area contributed by atoms with E-state index in [0.29, 0.717) is 31.6 Å². The summed E-state index contributed by atoms with van der Waals surface area (Å²) in [5, 5.41) is 21.4. The largest absolute Gasteiger partial charge is 0.465 e. The van der Waals surface area contributed by atoms with Gasteiger partial charge in [-0.25, -0.2) is 13.2 Å². The molecule has 2 aromatic carbocycles. The zero-order valence-electron chi connectivity index (χ0n) is 26.1. The van der Waals surface area contributed by atoms with E-state index in [4.69, 9.17) is 20.7 Å². The summed E-state index contributed by atoms with van der Waals surface area (Å²) in [5.74, 6) is -0.0950. The minimum Gasteiger partial charge on any atom is -0.465 e. The number of nitrogens with two attached hydrogens (primary N) is 1. The summed E-state index contributed by atoms with van der Waals surface area (Å²) >= 11 is 0. The van der Waals surface area contributed by atoms with Gasteiger partial charge in [-0.2, -0.15) is 4.31 Å². The van der Waals surface area contributed by atoms with E-state index in [0.717, 1.165) is 19.6 Å². The molecule has 2 fully saturated rings. The molecular weight excluding hydrogens is 572 g/mol. The van der Waals surface area contributed by atoms with E-state index in [1.165, 1.54) is 47.0 Å². The lowest BCUT2D eigenvalue weighted by atomic mass is 10.2. The summed E-state index contributed by atoms with van der Waals surface area (Å²) in [6.45, 7) is 10.8. The summed E-state index contributed by atoms with van der Waals surface area (Å²) in [6.07, 6.45) is 3.54. The summed E-state index contributed by atoms with van der Waals surface area (Å²) in [6, 6.07) is 15.9. The number of nitrogens with zero attached hydrogens (tertiary/aromatic N) is 1. The molecule has 2 aliphatic rings. The lowest BCUT2D eigenvalue weighted by Gasteiger charge is -2.25. The topological polar surface area (TPSA) is 171 Å². The molecule has 0 unspecified atom stereocenters. The van der Waals surface area contributed by atoms with E-state index >= 15 is 0 Å². The first-order chi connectivity index (χ1) is 20.6. The van der Waals surface area contributed by atoms with Crippen LogP contribution in [-0.2, 0) is 19.6 Å². The van der Waals surface area contributed by atoms with Crippen molar-refractivity contribution in [1.29, 1.82) is 0 Å². The van der Waals surface area contributed by atoms with Gasteiger partial charge in [-0.05, 0) is 63.3 Å². The lowest BCUT2D eigenvalue weighted by Crippen LogP contribution is -2.43. The number of carbonyl (C=O) groups excluding carboxylic acids is 1. The Bertz CT molecular complexity index is 1090. The molecule has 2 saturated heterocycles. The van der Waals surface area contributed by atoms with Crippen molar-refractivity contribution in [3.63, 3.8) is 0 Å². The SMILES string of the molecule is C1CCOC1.CC.CCCO.Cc1ccccc1.Nc1ccc(S(=O)(=O)N(CCCNC(=O)O)C[C@H]2CCC(=O)N2)cc1. The number of nitrogens with one attached hydrogen (secondary N) is 2. The van der Waals surface area contributed by atoms with E-state index in [-0.39, 0.29) is 36.5 Å². The molecule has 11 nitrogen and oxygen atoms in total. The Morgan fingerprint density at radius 2 is 1.67 bits per heavy atom. The van der Waals surface area contributed by atoms with Crippen LogP contribution in [0.3, 0.4) is 0 Å². The fourth-order valence-corrected chi connectivity index (χ4v) is 5.18. The number of amides is 2. The Labute approximate surface area is 257 Å². The molecule has 244 valence electrons. The number of sulfonamides is 1. The number of carbonyl (C=O) groups is 2. The van der Waals surface area contributed by atoms with Gasteiger partial charge < -0.3 is 31.3 Å². The average Bonchev–Trinajstić information content (AvgIpc) is 3.72. The van der Waals surface area contributed by atoms with Crippen LogP contribution in [0, 0.1) is 6.92 Å². The van der Waals surface area contributed by atoms with Crippen molar-refractivity contribution in [3.8, 4) is 0 Å². The number of aryl methyl sites for hydroxylation is 1. The maximum atomic E-state index is 12.9. The molecule has 43 heavy (non-hydrogen) atoms. The molecule has 0 radical (unpaired) electrons. The highest BCUT2D eigenvalue weighted by Gasteiger charge is 2.30. The second-order valence-corrected chi connectivity index (χ2v) is 11.5. The highest BCUT2D eigenvalue weighted by Crippen LogP contribution is 2.19. The number of hydrogen-bond donors (Lipinski definition) is 5. The summed E-state index contributed by atoms with van der Waals surface area (Å²) in [7, 11) is -3.77. The quantitative estimate of drug-likeness (QED) is 0.202. The van der Waals surface area contributed by atoms with Gasteiger partial charge in [0.1, 0.15) is 0 Å². The zero-order valence-corrected chi connectivity index (χ0v) is 26.9. The van der Waals surface area contributed by atoms with Crippen molar-refractivity contribution in [1.82, 2.24) is 14.9 Å². The van der Waals surface area contributed by atoms with Gasteiger partial charge in [0.2, 0.25) is 15.9 Å². The number of anilines is 1. The Kier molecular flexibility index (Phi) is 22.5. The molecule has 2 amide bonds. The van der Waals surface area contributed by atoms with Crippen LogP contribution in [0.5, 0.6) is 0 Å². The monoisotopic (exact) mass is 624 g/mol. The summed E-state index contributed by atoms with van der Waals surface area (Å²) in [4.78, 5) is 22.0. The average molecular weight is 625 g/mol. The number of ether oxygens (including phenoxy) is 1. The summed E-state index contributed by atoms with van der Waals surface area (Å²) < 4.78 is 32.0. The maximum Gasteiger partial charge on any atom is 0.404 e. The molecule has 0 aromatic heterocycles. The minimum atomic E-state index is -3.77.